The summed E-state index contributed by atoms with van der Waals surface area (Å²) in [7, 11) is 0. The normalized spacial score (nSPS) is 0. The van der Waals surface area contributed by atoms with Gasteiger partial charge in [0.25, 0.3) is 0 Å². The van der Waals surface area contributed by atoms with Gasteiger partial charge < -0.3 is 61.7 Å². The van der Waals surface area contributed by atoms with Crippen molar-refractivity contribution in [1.82, 2.24) is 36.9 Å². The van der Waals surface area contributed by atoms with Crippen LogP contribution in [0.15, 0.2) is 0 Å². The fourth-order valence-corrected chi connectivity index (χ4v) is 0. The van der Waals surface area contributed by atoms with E-state index in [0.29, 0.717) is 0 Å². The molecule has 0 atom stereocenters. The smallest absolute Gasteiger partial charge is 1.00 e. The molecule has 0 aliphatic heterocycles. The average Bonchev–Trinajstić information content (AvgIpc) is 0. The minimum absolute atomic E-state index is 0. The maximum absolute atomic E-state index is 0. The molecule has 18 N–H and O–H groups in total. The fourth-order valence-electron chi connectivity index (χ4n) is 0. The molecule has 9 heteroatoms. The molecular weight excluding hydrogens is 214 g/mol. The number of hydrogen-bond donors (Lipinski definition) is 6. The van der Waals surface area contributed by atoms with Crippen LogP contribution in [-0.4, -0.2) is 0 Å². The molecule has 1 radical (unpaired) electrons. The molecule has 0 aromatic rings. The second-order valence-electron chi connectivity index (χ2n) is 0. The summed E-state index contributed by atoms with van der Waals surface area (Å²) in [6, 6.07) is 0. The van der Waals surface area contributed by atoms with E-state index >= 15 is 0 Å². The summed E-state index contributed by atoms with van der Waals surface area (Å²) < 4.78 is 0. The van der Waals surface area contributed by atoms with Crippen LogP contribution in [0, 0.1) is 0 Å². The Hall–Kier alpha value is 0.846. The van der Waals surface area contributed by atoms with Crippen molar-refractivity contribution in [3.63, 3.8) is 0 Å². The number of hydrogen-bond acceptors (Lipinski definition) is 6. The number of halogens is 2. The van der Waals surface area contributed by atoms with E-state index in [4.69, 9.17) is 0 Å². The Bertz CT molecular complexity index is 11.0. The Kier molecular flexibility index (Phi) is 90800. The SMILES string of the molecule is N.N.N.N.N.N.[Cl-].[Cl-].[Co+2]. The molecule has 9 heavy (non-hydrogen) atoms. The van der Waals surface area contributed by atoms with E-state index in [2.05, 4.69) is 0 Å². The first-order valence-corrected chi connectivity index (χ1v) is 0. The van der Waals surface area contributed by atoms with E-state index < -0.39 is 0 Å². The van der Waals surface area contributed by atoms with Gasteiger partial charge in [0.05, 0.1) is 0 Å². The minimum atomic E-state index is 0. The van der Waals surface area contributed by atoms with E-state index in [9.17, 15) is 0 Å². The van der Waals surface area contributed by atoms with Crippen LogP contribution in [-0.2, 0) is 16.8 Å². The van der Waals surface area contributed by atoms with E-state index in [1.165, 1.54) is 0 Å². The third-order valence-corrected chi connectivity index (χ3v) is 0. The second-order valence-corrected chi connectivity index (χ2v) is 0. The van der Waals surface area contributed by atoms with Crippen LogP contribution in [0.3, 0.4) is 0 Å². The first kappa shape index (κ1) is 1080. The van der Waals surface area contributed by atoms with E-state index in [0.717, 1.165) is 0 Å². The zero-order valence-electron chi connectivity index (χ0n) is 5.33. The van der Waals surface area contributed by atoms with Crippen molar-refractivity contribution >= 4 is 0 Å². The summed E-state index contributed by atoms with van der Waals surface area (Å²) in [5.74, 6) is 0. The molecule has 0 saturated carbocycles. The molecule has 0 unspecified atom stereocenters. The van der Waals surface area contributed by atoms with Crippen LogP contribution in [0.5, 0.6) is 0 Å². The predicted molar refractivity (Wildman–Crippen MR) is 30.1 cm³/mol. The molecule has 0 spiro atoms. The topological polar surface area (TPSA) is 210 Å². The molecule has 0 saturated heterocycles. The molecule has 0 rings (SSSR count). The first-order chi connectivity index (χ1) is 0. The van der Waals surface area contributed by atoms with Crippen LogP contribution in [0.2, 0.25) is 0 Å². The van der Waals surface area contributed by atoms with Gasteiger partial charge in [0.2, 0.25) is 0 Å². The van der Waals surface area contributed by atoms with Crippen molar-refractivity contribution in [1.29, 1.82) is 0 Å². The molecule has 0 amide bonds. The van der Waals surface area contributed by atoms with Crippen LogP contribution >= 0.6 is 0 Å². The van der Waals surface area contributed by atoms with Crippen LogP contribution < -0.4 is 61.7 Å². The molecule has 0 aliphatic carbocycles. The largest absolute Gasteiger partial charge is 2.00 e. The summed E-state index contributed by atoms with van der Waals surface area (Å²) in [4.78, 5) is 0. The molecule has 0 bridgehead atoms. The molecule has 0 heterocycles. The molecule has 0 aromatic heterocycles. The van der Waals surface area contributed by atoms with E-state index in [1.54, 1.807) is 0 Å². The maximum Gasteiger partial charge on any atom is 2.00 e. The Labute approximate surface area is 78.8 Å². The minimum Gasteiger partial charge on any atom is -1.00 e. The van der Waals surface area contributed by atoms with Gasteiger partial charge in [-0.3, -0.25) is 0 Å². The van der Waals surface area contributed by atoms with Gasteiger partial charge in [0.15, 0.2) is 0 Å². The van der Waals surface area contributed by atoms with Gasteiger partial charge in [-0.2, -0.15) is 0 Å². The summed E-state index contributed by atoms with van der Waals surface area (Å²) in [6.07, 6.45) is 0. The Morgan fingerprint density at radius 1 is 0.333 bits per heavy atom. The second kappa shape index (κ2) is 760. The summed E-state index contributed by atoms with van der Waals surface area (Å²) in [5.41, 5.74) is 0. The van der Waals surface area contributed by atoms with Crippen LogP contribution in [0.4, 0.5) is 0 Å². The summed E-state index contributed by atoms with van der Waals surface area (Å²) in [6.45, 7) is 0. The van der Waals surface area contributed by atoms with Crippen molar-refractivity contribution in [3.8, 4) is 0 Å². The average molecular weight is 232 g/mol. The van der Waals surface area contributed by atoms with Crippen LogP contribution in [0.25, 0.3) is 0 Å². The maximum atomic E-state index is 0. The van der Waals surface area contributed by atoms with Crippen molar-refractivity contribution < 1.29 is 41.6 Å². The standard InChI is InChI=1S/2ClH.Co.6H3N/h2*1H;;6*1H3/q;;+2;;;;;;/p-2. The van der Waals surface area contributed by atoms with Crippen molar-refractivity contribution in [2.24, 2.45) is 0 Å². The molecular formula is H18Cl2CoN6. The van der Waals surface area contributed by atoms with Gasteiger partial charge in [0.1, 0.15) is 0 Å². The van der Waals surface area contributed by atoms with Gasteiger partial charge in [-0.25, -0.2) is 0 Å². The van der Waals surface area contributed by atoms with Crippen molar-refractivity contribution in [3.05, 3.63) is 0 Å². The molecule has 0 aliphatic rings. The zero-order valence-corrected chi connectivity index (χ0v) is 7.88. The zero-order chi connectivity index (χ0) is 0. The van der Waals surface area contributed by atoms with Gasteiger partial charge in [0, 0.05) is 0 Å². The summed E-state index contributed by atoms with van der Waals surface area (Å²) in [5, 5.41) is 0. The van der Waals surface area contributed by atoms with Crippen molar-refractivity contribution in [2.45, 2.75) is 0 Å². The molecule has 71 valence electrons. The molecule has 0 aromatic carbocycles. The summed E-state index contributed by atoms with van der Waals surface area (Å²) >= 11 is 0. The monoisotopic (exact) mass is 231 g/mol. The quantitative estimate of drug-likeness (QED) is 0.240. The third kappa shape index (κ3) is 579. The van der Waals surface area contributed by atoms with Gasteiger partial charge in [-0.15, -0.1) is 0 Å². The first-order valence-electron chi connectivity index (χ1n) is 0. The fraction of sp³-hybridized carbons (Fsp3) is 0. The van der Waals surface area contributed by atoms with Gasteiger partial charge in [-0.05, 0) is 0 Å². The van der Waals surface area contributed by atoms with Crippen molar-refractivity contribution in [2.75, 3.05) is 0 Å². The Morgan fingerprint density at radius 2 is 0.333 bits per heavy atom. The molecule has 6 nitrogen and oxygen atoms in total. The Balaban J connectivity index is 0. The van der Waals surface area contributed by atoms with E-state index in [1.807, 2.05) is 0 Å². The van der Waals surface area contributed by atoms with Crippen LogP contribution in [0.1, 0.15) is 0 Å². The molecule has 0 fully saturated rings. The third-order valence-electron chi connectivity index (χ3n) is 0. The van der Waals surface area contributed by atoms with Gasteiger partial charge in [-0.1, -0.05) is 0 Å². The predicted octanol–water partition coefficient (Wildman–Crippen LogP) is -5.02. The van der Waals surface area contributed by atoms with E-state index in [-0.39, 0.29) is 78.5 Å². The van der Waals surface area contributed by atoms with Gasteiger partial charge >= 0.3 is 16.8 Å². The number of rotatable bonds is 0. The Morgan fingerprint density at radius 3 is 0.333 bits per heavy atom.